The van der Waals surface area contributed by atoms with Crippen LogP contribution in [-0.4, -0.2) is 52.5 Å². The number of rotatable bonds is 7. The first kappa shape index (κ1) is 19.0. The number of amides is 1. The SMILES string of the molecule is COc1ccc(-c2nnc(SCC(=O)N(C)C)n2Cc2ccccc2)cc1. The van der Waals surface area contributed by atoms with Gasteiger partial charge in [-0.2, -0.15) is 0 Å². The Bertz CT molecular complexity index is 892. The molecule has 0 aliphatic heterocycles. The molecule has 0 spiro atoms. The predicted octanol–water partition coefficient (Wildman–Crippen LogP) is 3.18. The highest BCUT2D eigenvalue weighted by Gasteiger charge is 2.16. The number of ether oxygens (including phenoxy) is 1. The monoisotopic (exact) mass is 382 g/mol. The van der Waals surface area contributed by atoms with Gasteiger partial charge in [0.25, 0.3) is 0 Å². The molecule has 0 bridgehead atoms. The summed E-state index contributed by atoms with van der Waals surface area (Å²) in [7, 11) is 5.14. The van der Waals surface area contributed by atoms with Crippen molar-refractivity contribution in [2.24, 2.45) is 0 Å². The molecular weight excluding hydrogens is 360 g/mol. The van der Waals surface area contributed by atoms with Crippen LogP contribution in [-0.2, 0) is 11.3 Å². The average Bonchev–Trinajstić information content (AvgIpc) is 3.09. The van der Waals surface area contributed by atoms with E-state index in [-0.39, 0.29) is 5.91 Å². The maximum absolute atomic E-state index is 12.0. The number of aromatic nitrogens is 3. The molecule has 0 saturated carbocycles. The van der Waals surface area contributed by atoms with Crippen molar-refractivity contribution >= 4 is 17.7 Å². The van der Waals surface area contributed by atoms with Crippen molar-refractivity contribution < 1.29 is 9.53 Å². The minimum absolute atomic E-state index is 0.0419. The molecule has 3 aromatic rings. The minimum Gasteiger partial charge on any atom is -0.497 e. The van der Waals surface area contributed by atoms with Gasteiger partial charge in [-0.15, -0.1) is 10.2 Å². The Hall–Kier alpha value is -2.80. The Balaban J connectivity index is 1.93. The third-order valence-electron chi connectivity index (χ3n) is 4.07. The Labute approximate surface area is 163 Å². The zero-order valence-electron chi connectivity index (χ0n) is 15.6. The van der Waals surface area contributed by atoms with Crippen molar-refractivity contribution in [2.45, 2.75) is 11.7 Å². The van der Waals surface area contributed by atoms with Gasteiger partial charge in [-0.3, -0.25) is 9.36 Å². The fraction of sp³-hybridized carbons (Fsp3) is 0.250. The standard InChI is InChI=1S/C20H22N4O2S/c1-23(2)18(25)14-27-20-22-21-19(16-9-11-17(26-3)12-10-16)24(20)13-15-7-5-4-6-8-15/h4-12H,13-14H2,1-3H3. The molecule has 0 radical (unpaired) electrons. The fourth-order valence-electron chi connectivity index (χ4n) is 2.51. The highest BCUT2D eigenvalue weighted by atomic mass is 32.2. The molecule has 0 unspecified atom stereocenters. The summed E-state index contributed by atoms with van der Waals surface area (Å²) < 4.78 is 7.28. The molecule has 1 aromatic heterocycles. The lowest BCUT2D eigenvalue weighted by atomic mass is 10.2. The van der Waals surface area contributed by atoms with E-state index in [1.165, 1.54) is 11.8 Å². The van der Waals surface area contributed by atoms with Gasteiger partial charge in [0.2, 0.25) is 5.91 Å². The largest absolute Gasteiger partial charge is 0.497 e. The van der Waals surface area contributed by atoms with E-state index < -0.39 is 0 Å². The molecule has 140 valence electrons. The summed E-state index contributed by atoms with van der Waals surface area (Å²) >= 11 is 1.40. The molecule has 27 heavy (non-hydrogen) atoms. The predicted molar refractivity (Wildman–Crippen MR) is 107 cm³/mol. The van der Waals surface area contributed by atoms with Gasteiger partial charge < -0.3 is 9.64 Å². The van der Waals surface area contributed by atoms with E-state index in [2.05, 4.69) is 22.3 Å². The second-order valence-electron chi connectivity index (χ2n) is 6.18. The van der Waals surface area contributed by atoms with Crippen molar-refractivity contribution in [1.82, 2.24) is 19.7 Å². The van der Waals surface area contributed by atoms with Gasteiger partial charge in [-0.05, 0) is 29.8 Å². The fourth-order valence-corrected chi connectivity index (χ4v) is 3.43. The van der Waals surface area contributed by atoms with Crippen LogP contribution in [0.25, 0.3) is 11.4 Å². The van der Waals surface area contributed by atoms with Crippen molar-refractivity contribution in [3.8, 4) is 17.1 Å². The summed E-state index contributed by atoms with van der Waals surface area (Å²) in [6, 6.07) is 17.9. The average molecular weight is 382 g/mol. The van der Waals surface area contributed by atoms with Crippen molar-refractivity contribution in [3.05, 3.63) is 60.2 Å². The Kier molecular flexibility index (Phi) is 6.13. The molecular formula is C20H22N4O2S. The van der Waals surface area contributed by atoms with Crippen molar-refractivity contribution in [2.75, 3.05) is 27.0 Å². The van der Waals surface area contributed by atoms with Crippen LogP contribution in [0.5, 0.6) is 5.75 Å². The zero-order chi connectivity index (χ0) is 19.2. The number of thioether (sulfide) groups is 1. The second-order valence-corrected chi connectivity index (χ2v) is 7.13. The third-order valence-corrected chi connectivity index (χ3v) is 5.02. The first-order valence-electron chi connectivity index (χ1n) is 8.53. The van der Waals surface area contributed by atoms with Crippen LogP contribution in [0, 0.1) is 0 Å². The lowest BCUT2D eigenvalue weighted by molar-refractivity contribution is -0.125. The summed E-state index contributed by atoms with van der Waals surface area (Å²) in [5.74, 6) is 1.92. The van der Waals surface area contributed by atoms with Crippen LogP contribution in [0.15, 0.2) is 59.8 Å². The molecule has 0 atom stereocenters. The number of carbonyl (C=O) groups excluding carboxylic acids is 1. The first-order chi connectivity index (χ1) is 13.1. The molecule has 0 fully saturated rings. The summed E-state index contributed by atoms with van der Waals surface area (Å²) in [5.41, 5.74) is 2.10. The molecule has 6 nitrogen and oxygen atoms in total. The molecule has 0 aliphatic carbocycles. The Morgan fingerprint density at radius 2 is 1.78 bits per heavy atom. The van der Waals surface area contributed by atoms with Gasteiger partial charge in [0, 0.05) is 19.7 Å². The summed E-state index contributed by atoms with van der Waals surface area (Å²) in [6.45, 7) is 0.633. The van der Waals surface area contributed by atoms with E-state index in [1.54, 1.807) is 26.1 Å². The maximum Gasteiger partial charge on any atom is 0.232 e. The smallest absolute Gasteiger partial charge is 0.232 e. The van der Waals surface area contributed by atoms with Gasteiger partial charge in [-0.25, -0.2) is 0 Å². The van der Waals surface area contributed by atoms with Crippen LogP contribution in [0.3, 0.4) is 0 Å². The summed E-state index contributed by atoms with van der Waals surface area (Å²) in [4.78, 5) is 13.5. The van der Waals surface area contributed by atoms with Crippen LogP contribution >= 0.6 is 11.8 Å². The topological polar surface area (TPSA) is 60.3 Å². The lowest BCUT2D eigenvalue weighted by Crippen LogP contribution is -2.23. The van der Waals surface area contributed by atoms with Crippen LogP contribution in [0.4, 0.5) is 0 Å². The van der Waals surface area contributed by atoms with Crippen molar-refractivity contribution in [1.29, 1.82) is 0 Å². The molecule has 0 N–H and O–H groups in total. The normalized spacial score (nSPS) is 10.6. The molecule has 7 heteroatoms. The van der Waals surface area contributed by atoms with Gasteiger partial charge in [0.15, 0.2) is 11.0 Å². The number of nitrogens with zero attached hydrogens (tertiary/aromatic N) is 4. The first-order valence-corrected chi connectivity index (χ1v) is 9.51. The van der Waals surface area contributed by atoms with Crippen LogP contribution in [0.2, 0.25) is 0 Å². The lowest BCUT2D eigenvalue weighted by Gasteiger charge is -2.12. The van der Waals surface area contributed by atoms with Crippen LogP contribution in [0.1, 0.15) is 5.56 Å². The Morgan fingerprint density at radius 3 is 2.41 bits per heavy atom. The number of methoxy groups -OCH3 is 1. The van der Waals surface area contributed by atoms with Crippen molar-refractivity contribution in [3.63, 3.8) is 0 Å². The maximum atomic E-state index is 12.0. The van der Waals surface area contributed by atoms with Gasteiger partial charge in [0.1, 0.15) is 5.75 Å². The highest BCUT2D eigenvalue weighted by Crippen LogP contribution is 2.26. The van der Waals surface area contributed by atoms with E-state index in [4.69, 9.17) is 4.74 Å². The summed E-state index contributed by atoms with van der Waals surface area (Å²) in [6.07, 6.45) is 0. The molecule has 2 aromatic carbocycles. The molecule has 0 aliphatic rings. The zero-order valence-corrected chi connectivity index (χ0v) is 16.4. The quantitative estimate of drug-likeness (QED) is 0.588. The Morgan fingerprint density at radius 1 is 1.07 bits per heavy atom. The summed E-state index contributed by atoms with van der Waals surface area (Å²) in [5, 5.41) is 9.45. The van der Waals surface area contributed by atoms with Gasteiger partial charge >= 0.3 is 0 Å². The number of hydrogen-bond acceptors (Lipinski definition) is 5. The second kappa shape index (κ2) is 8.73. The van der Waals surface area contributed by atoms with E-state index in [9.17, 15) is 4.79 Å². The van der Waals surface area contributed by atoms with E-state index in [1.807, 2.05) is 47.0 Å². The van der Waals surface area contributed by atoms with Gasteiger partial charge in [-0.1, -0.05) is 42.1 Å². The van der Waals surface area contributed by atoms with Crippen LogP contribution < -0.4 is 4.74 Å². The highest BCUT2D eigenvalue weighted by molar-refractivity contribution is 7.99. The van der Waals surface area contributed by atoms with E-state index in [0.717, 1.165) is 27.9 Å². The molecule has 1 heterocycles. The minimum atomic E-state index is 0.0419. The molecule has 1 amide bonds. The number of carbonyl (C=O) groups is 1. The van der Waals surface area contributed by atoms with Gasteiger partial charge in [0.05, 0.1) is 19.4 Å². The molecule has 0 saturated heterocycles. The molecule has 3 rings (SSSR count). The number of hydrogen-bond donors (Lipinski definition) is 0. The van der Waals surface area contributed by atoms with E-state index in [0.29, 0.717) is 12.3 Å². The number of benzene rings is 2. The van der Waals surface area contributed by atoms with E-state index >= 15 is 0 Å². The third kappa shape index (κ3) is 4.68.